The molecule has 2 aliphatic carbocycles. The molecule has 1 heteroatoms. The van der Waals surface area contributed by atoms with Crippen LogP contribution in [0.4, 0.5) is 0 Å². The maximum absolute atomic E-state index is 9.53. The molecule has 23 heavy (non-hydrogen) atoms. The van der Waals surface area contributed by atoms with Crippen molar-refractivity contribution in [1.82, 2.24) is 0 Å². The van der Waals surface area contributed by atoms with Crippen LogP contribution in [0.25, 0.3) is 11.1 Å². The minimum atomic E-state index is -0.0294. The summed E-state index contributed by atoms with van der Waals surface area (Å²) in [6.45, 7) is 4.74. The second-order valence-electron chi connectivity index (χ2n) is 7.33. The summed E-state index contributed by atoms with van der Waals surface area (Å²) in [5.41, 5.74) is 10.2. The molecule has 0 spiro atoms. The maximum Gasteiger partial charge on any atom is 0.0442 e. The van der Waals surface area contributed by atoms with E-state index < -0.39 is 0 Å². The maximum atomic E-state index is 9.53. The van der Waals surface area contributed by atoms with Crippen LogP contribution >= 0.6 is 0 Å². The van der Waals surface area contributed by atoms with Gasteiger partial charge >= 0.3 is 0 Å². The van der Waals surface area contributed by atoms with Gasteiger partial charge in [-0.15, -0.1) is 0 Å². The Balaban J connectivity index is 1.92. The Labute approximate surface area is 138 Å². The van der Waals surface area contributed by atoms with E-state index in [1.54, 1.807) is 0 Å². The van der Waals surface area contributed by atoms with Crippen LogP contribution in [0.1, 0.15) is 42.5 Å². The van der Waals surface area contributed by atoms with Crippen LogP contribution in [-0.4, -0.2) is 11.7 Å². The van der Waals surface area contributed by atoms with Crippen molar-refractivity contribution in [3.8, 4) is 11.1 Å². The largest absolute Gasteiger partial charge is 0.396 e. The lowest BCUT2D eigenvalue weighted by Gasteiger charge is -2.36. The molecular weight excluding hydrogens is 280 g/mol. The first-order valence-electron chi connectivity index (χ1n) is 8.65. The van der Waals surface area contributed by atoms with Crippen LogP contribution in [0.3, 0.4) is 0 Å². The van der Waals surface area contributed by atoms with Crippen LogP contribution in [0.5, 0.6) is 0 Å². The number of allylic oxidation sites excluding steroid dienone is 2. The third-order valence-corrected chi connectivity index (χ3v) is 5.65. The van der Waals surface area contributed by atoms with Crippen LogP contribution in [0.15, 0.2) is 48.0 Å². The number of benzene rings is 2. The van der Waals surface area contributed by atoms with Gasteiger partial charge in [0.05, 0.1) is 0 Å². The van der Waals surface area contributed by atoms with Gasteiger partial charge in [0.25, 0.3) is 0 Å². The highest BCUT2D eigenvalue weighted by molar-refractivity contribution is 5.76. The minimum absolute atomic E-state index is 0.0294. The fraction of sp³-hybridized carbons (Fsp3) is 0.364. The first-order valence-corrected chi connectivity index (χ1v) is 8.65. The topological polar surface area (TPSA) is 20.2 Å². The second-order valence-corrected chi connectivity index (χ2v) is 7.33. The molecule has 2 aliphatic rings. The Morgan fingerprint density at radius 2 is 1.83 bits per heavy atom. The van der Waals surface area contributed by atoms with E-state index in [1.807, 2.05) is 0 Å². The van der Waals surface area contributed by atoms with Crippen LogP contribution in [0.2, 0.25) is 0 Å². The third-order valence-electron chi connectivity index (χ3n) is 5.65. The third kappa shape index (κ3) is 2.26. The molecule has 0 saturated carbocycles. The Morgan fingerprint density at radius 3 is 2.65 bits per heavy atom. The van der Waals surface area contributed by atoms with Gasteiger partial charge in [0, 0.05) is 12.0 Å². The van der Waals surface area contributed by atoms with Gasteiger partial charge in [0.15, 0.2) is 0 Å². The number of rotatable bonds is 2. The quantitative estimate of drug-likeness (QED) is 0.804. The first-order chi connectivity index (χ1) is 11.1. The Kier molecular flexibility index (Phi) is 3.42. The molecular formula is C22H24O. The van der Waals surface area contributed by atoms with Gasteiger partial charge in [0.2, 0.25) is 0 Å². The summed E-state index contributed by atoms with van der Waals surface area (Å²) < 4.78 is 0. The van der Waals surface area contributed by atoms with Crippen molar-refractivity contribution in [1.29, 1.82) is 0 Å². The van der Waals surface area contributed by atoms with E-state index in [9.17, 15) is 5.11 Å². The van der Waals surface area contributed by atoms with Crippen molar-refractivity contribution in [3.63, 3.8) is 0 Å². The molecule has 1 atom stereocenters. The molecule has 4 rings (SSSR count). The molecule has 0 radical (unpaired) electrons. The lowest BCUT2D eigenvalue weighted by Crippen LogP contribution is -2.28. The van der Waals surface area contributed by atoms with Gasteiger partial charge in [0.1, 0.15) is 0 Å². The van der Waals surface area contributed by atoms with E-state index >= 15 is 0 Å². The zero-order valence-corrected chi connectivity index (χ0v) is 14.0. The molecule has 1 nitrogen and oxygen atoms in total. The average molecular weight is 304 g/mol. The molecule has 0 saturated heterocycles. The molecule has 0 heterocycles. The van der Waals surface area contributed by atoms with Crippen molar-refractivity contribution in [2.45, 2.75) is 44.9 Å². The molecule has 0 fully saturated rings. The number of aryl methyl sites for hydroxylation is 1. The summed E-state index contributed by atoms with van der Waals surface area (Å²) in [7, 11) is 0. The van der Waals surface area contributed by atoms with Crippen molar-refractivity contribution in [2.24, 2.45) is 0 Å². The minimum Gasteiger partial charge on any atom is -0.396 e. The lowest BCUT2D eigenvalue weighted by molar-refractivity contribution is 0.260. The van der Waals surface area contributed by atoms with E-state index in [0.717, 1.165) is 25.7 Å². The molecule has 2 aromatic rings. The van der Waals surface area contributed by atoms with E-state index in [4.69, 9.17) is 0 Å². The van der Waals surface area contributed by atoms with Gasteiger partial charge < -0.3 is 5.11 Å². The molecule has 0 aromatic heterocycles. The van der Waals surface area contributed by atoms with E-state index in [0.29, 0.717) is 0 Å². The van der Waals surface area contributed by atoms with Crippen molar-refractivity contribution in [3.05, 3.63) is 70.3 Å². The van der Waals surface area contributed by atoms with Gasteiger partial charge in [-0.1, -0.05) is 55.0 Å². The van der Waals surface area contributed by atoms with Crippen LogP contribution in [0, 0.1) is 0 Å². The van der Waals surface area contributed by atoms with E-state index in [-0.39, 0.29) is 12.0 Å². The smallest absolute Gasteiger partial charge is 0.0442 e. The summed E-state index contributed by atoms with van der Waals surface area (Å²) in [5.74, 6) is 0. The highest BCUT2D eigenvalue weighted by Gasteiger charge is 2.32. The average Bonchev–Trinajstić information content (AvgIpc) is 2.54. The summed E-state index contributed by atoms with van der Waals surface area (Å²) >= 11 is 0. The molecule has 1 N–H and O–H groups in total. The number of hydrogen-bond donors (Lipinski definition) is 1. The number of aliphatic hydroxyl groups excluding tert-OH is 1. The lowest BCUT2D eigenvalue weighted by atomic mass is 9.68. The van der Waals surface area contributed by atoms with Gasteiger partial charge in [-0.3, -0.25) is 0 Å². The van der Waals surface area contributed by atoms with Crippen LogP contribution in [-0.2, 0) is 24.7 Å². The van der Waals surface area contributed by atoms with E-state index in [2.05, 4.69) is 56.3 Å². The molecule has 2 aromatic carbocycles. The molecule has 118 valence electrons. The fourth-order valence-electron chi connectivity index (χ4n) is 4.62. The summed E-state index contributed by atoms with van der Waals surface area (Å²) in [4.78, 5) is 0. The molecule has 1 unspecified atom stereocenters. The summed E-state index contributed by atoms with van der Waals surface area (Å²) in [6, 6.07) is 13.4. The summed E-state index contributed by atoms with van der Waals surface area (Å²) in [6.07, 6.45) is 6.50. The number of aliphatic hydroxyl groups is 1. The van der Waals surface area contributed by atoms with Crippen molar-refractivity contribution in [2.75, 3.05) is 6.61 Å². The predicted octanol–water partition coefficient (Wildman–Crippen LogP) is 4.59. The van der Waals surface area contributed by atoms with Crippen molar-refractivity contribution >= 4 is 0 Å². The molecule has 0 aliphatic heterocycles. The Bertz CT molecular complexity index is 800. The monoisotopic (exact) mass is 304 g/mol. The van der Waals surface area contributed by atoms with E-state index in [1.165, 1.54) is 39.0 Å². The zero-order chi connectivity index (χ0) is 16.0. The predicted molar refractivity (Wildman–Crippen MR) is 95.8 cm³/mol. The SMILES string of the molecule is CC1=CC(C)(CCO)c2ccc3c(c2C1)CCc1ccccc1-3. The Morgan fingerprint density at radius 1 is 1.00 bits per heavy atom. The van der Waals surface area contributed by atoms with Crippen LogP contribution < -0.4 is 0 Å². The highest BCUT2D eigenvalue weighted by Crippen LogP contribution is 2.44. The van der Waals surface area contributed by atoms with Gasteiger partial charge in [-0.05, 0) is 66.0 Å². The highest BCUT2D eigenvalue weighted by atomic mass is 16.3. The zero-order valence-electron chi connectivity index (χ0n) is 14.0. The number of hydrogen-bond acceptors (Lipinski definition) is 1. The second kappa shape index (κ2) is 5.35. The Hall–Kier alpha value is -1.86. The molecule has 0 bridgehead atoms. The van der Waals surface area contributed by atoms with Crippen molar-refractivity contribution < 1.29 is 5.11 Å². The standard InChI is InChI=1S/C22H24O/c1-15-13-20-19-8-7-16-5-3-4-6-17(16)18(19)9-10-21(20)22(2,14-15)11-12-23/h3-6,9-10,14,23H,7-8,11-13H2,1-2H3. The fourth-order valence-corrected chi connectivity index (χ4v) is 4.62. The van der Waals surface area contributed by atoms with Gasteiger partial charge in [-0.2, -0.15) is 0 Å². The van der Waals surface area contributed by atoms with Gasteiger partial charge in [-0.25, -0.2) is 0 Å². The summed E-state index contributed by atoms with van der Waals surface area (Å²) in [5, 5.41) is 9.53. The molecule has 0 amide bonds. The first kappa shape index (κ1) is 14.7. The normalized spacial score (nSPS) is 22.0. The number of fused-ring (bicyclic) bond motifs is 5.